The van der Waals surface area contributed by atoms with Crippen LogP contribution in [0, 0.1) is 0 Å². The first-order valence-electron chi connectivity index (χ1n) is 2.15. The van der Waals surface area contributed by atoms with Crippen LogP contribution < -0.4 is 0 Å². The molecule has 44 valence electrons. The SMILES string of the molecule is C1CC1.ClC(Cl)Cl. The summed E-state index contributed by atoms with van der Waals surface area (Å²) >= 11 is 14.4. The Labute approximate surface area is 58.7 Å². The number of hydrogen-bond acceptors (Lipinski definition) is 0. The Morgan fingerprint density at radius 3 is 1.00 bits per heavy atom. The molecule has 0 aromatic rings. The van der Waals surface area contributed by atoms with E-state index in [-0.39, 0.29) is 0 Å². The van der Waals surface area contributed by atoms with Crippen LogP contribution in [-0.2, 0) is 0 Å². The van der Waals surface area contributed by atoms with Gasteiger partial charge in [-0.15, -0.1) is 0 Å². The van der Waals surface area contributed by atoms with Gasteiger partial charge in [0.2, 0.25) is 0 Å². The van der Waals surface area contributed by atoms with E-state index in [1.807, 2.05) is 0 Å². The molecule has 0 aliphatic heterocycles. The quantitative estimate of drug-likeness (QED) is 0.479. The van der Waals surface area contributed by atoms with Gasteiger partial charge in [0, 0.05) is 0 Å². The van der Waals surface area contributed by atoms with E-state index in [0.29, 0.717) is 0 Å². The van der Waals surface area contributed by atoms with Gasteiger partial charge in [0.25, 0.3) is 0 Å². The van der Waals surface area contributed by atoms with Crippen molar-refractivity contribution in [1.29, 1.82) is 0 Å². The summed E-state index contributed by atoms with van der Waals surface area (Å²) < 4.78 is -0.750. The summed E-state index contributed by atoms with van der Waals surface area (Å²) in [5.74, 6) is 0. The fourth-order valence-electron chi connectivity index (χ4n) is 0. The highest BCUT2D eigenvalue weighted by atomic mass is 35.6. The lowest BCUT2D eigenvalue weighted by Gasteiger charge is -1.69. The van der Waals surface area contributed by atoms with E-state index in [4.69, 9.17) is 34.8 Å². The molecule has 1 fully saturated rings. The number of rotatable bonds is 0. The van der Waals surface area contributed by atoms with Gasteiger partial charge in [-0.2, -0.15) is 0 Å². The van der Waals surface area contributed by atoms with Gasteiger partial charge in [0.1, 0.15) is 0 Å². The highest BCUT2D eigenvalue weighted by Crippen LogP contribution is 2.14. The van der Waals surface area contributed by atoms with Crippen molar-refractivity contribution in [1.82, 2.24) is 0 Å². The Morgan fingerprint density at radius 2 is 1.00 bits per heavy atom. The fraction of sp³-hybridized carbons (Fsp3) is 1.00. The topological polar surface area (TPSA) is 0 Å². The van der Waals surface area contributed by atoms with Crippen molar-refractivity contribution in [3.05, 3.63) is 0 Å². The Bertz CT molecular complexity index is 28.4. The predicted octanol–water partition coefficient (Wildman–Crippen LogP) is 3.16. The average molecular weight is 161 g/mol. The molecule has 1 saturated carbocycles. The lowest BCUT2D eigenvalue weighted by Crippen LogP contribution is -1.55. The van der Waals surface area contributed by atoms with Gasteiger partial charge in [-0.1, -0.05) is 54.1 Å². The molecule has 1 aliphatic carbocycles. The summed E-state index contributed by atoms with van der Waals surface area (Å²) in [5, 5.41) is 0. The molecule has 0 aromatic heterocycles. The van der Waals surface area contributed by atoms with Crippen LogP contribution >= 0.6 is 34.8 Å². The number of halogens is 3. The van der Waals surface area contributed by atoms with Gasteiger partial charge >= 0.3 is 0 Å². The zero-order valence-corrected chi connectivity index (χ0v) is 6.10. The molecule has 0 heterocycles. The van der Waals surface area contributed by atoms with Gasteiger partial charge in [0.05, 0.1) is 0 Å². The fourth-order valence-corrected chi connectivity index (χ4v) is 0. The summed E-state index contributed by atoms with van der Waals surface area (Å²) in [6.07, 6.45) is 4.50. The van der Waals surface area contributed by atoms with Crippen molar-refractivity contribution in [3.8, 4) is 0 Å². The van der Waals surface area contributed by atoms with Gasteiger partial charge in [-0.25, -0.2) is 0 Å². The van der Waals surface area contributed by atoms with E-state index in [2.05, 4.69) is 0 Å². The Hall–Kier alpha value is 0.870. The van der Waals surface area contributed by atoms with E-state index in [0.717, 1.165) is 0 Å². The monoisotopic (exact) mass is 160 g/mol. The minimum absolute atomic E-state index is 0.750. The van der Waals surface area contributed by atoms with Crippen LogP contribution in [-0.4, -0.2) is 4.30 Å². The molecule has 0 radical (unpaired) electrons. The van der Waals surface area contributed by atoms with Gasteiger partial charge in [-0.05, 0) is 0 Å². The smallest absolute Gasteiger partial charge is 0.0874 e. The number of alkyl halides is 3. The van der Waals surface area contributed by atoms with E-state index < -0.39 is 4.30 Å². The molecule has 7 heavy (non-hydrogen) atoms. The first-order chi connectivity index (χ1) is 3.23. The van der Waals surface area contributed by atoms with Gasteiger partial charge < -0.3 is 0 Å². The highest BCUT2D eigenvalue weighted by Gasteiger charge is 1.95. The van der Waals surface area contributed by atoms with Crippen molar-refractivity contribution in [2.24, 2.45) is 0 Å². The molecule has 0 unspecified atom stereocenters. The Balaban J connectivity index is 0.000000105. The highest BCUT2D eigenvalue weighted by molar-refractivity contribution is 6.63. The molecule has 0 amide bonds. The van der Waals surface area contributed by atoms with E-state index in [1.165, 1.54) is 19.3 Å². The molecule has 0 N–H and O–H groups in total. The molecule has 0 bridgehead atoms. The molecular formula is C4H7Cl3. The van der Waals surface area contributed by atoms with Crippen LogP contribution in [0.15, 0.2) is 0 Å². The minimum Gasteiger partial charge on any atom is -0.0874 e. The van der Waals surface area contributed by atoms with Gasteiger partial charge in [-0.3, -0.25) is 0 Å². The third kappa shape index (κ3) is 46.6. The molecule has 0 spiro atoms. The summed E-state index contributed by atoms with van der Waals surface area (Å²) in [5.41, 5.74) is 0. The molecular weight excluding hydrogens is 154 g/mol. The lowest BCUT2D eigenvalue weighted by molar-refractivity contribution is 1.50. The van der Waals surface area contributed by atoms with Crippen LogP contribution in [0.3, 0.4) is 0 Å². The molecule has 0 nitrogen and oxygen atoms in total. The summed E-state index contributed by atoms with van der Waals surface area (Å²) in [4.78, 5) is 0. The van der Waals surface area contributed by atoms with E-state index >= 15 is 0 Å². The van der Waals surface area contributed by atoms with E-state index in [1.54, 1.807) is 0 Å². The number of hydrogen-bond donors (Lipinski definition) is 0. The summed E-state index contributed by atoms with van der Waals surface area (Å²) in [6, 6.07) is 0. The van der Waals surface area contributed by atoms with E-state index in [9.17, 15) is 0 Å². The first-order valence-corrected chi connectivity index (χ1v) is 3.46. The minimum atomic E-state index is -0.750. The van der Waals surface area contributed by atoms with Crippen molar-refractivity contribution in [3.63, 3.8) is 0 Å². The maximum Gasteiger partial charge on any atom is 0.180 e. The maximum atomic E-state index is 4.81. The van der Waals surface area contributed by atoms with Crippen molar-refractivity contribution >= 4 is 34.8 Å². The summed E-state index contributed by atoms with van der Waals surface area (Å²) in [7, 11) is 0. The average Bonchev–Trinajstić information content (AvgIpc) is 2.02. The Kier molecular flexibility index (Phi) is 5.64. The van der Waals surface area contributed by atoms with Crippen molar-refractivity contribution in [2.45, 2.75) is 23.6 Å². The molecule has 1 aliphatic rings. The van der Waals surface area contributed by atoms with Crippen LogP contribution in [0.2, 0.25) is 0 Å². The van der Waals surface area contributed by atoms with Crippen LogP contribution in [0.5, 0.6) is 0 Å². The second-order valence-electron chi connectivity index (χ2n) is 1.31. The maximum absolute atomic E-state index is 4.81. The van der Waals surface area contributed by atoms with Gasteiger partial charge in [0.15, 0.2) is 4.30 Å². The largest absolute Gasteiger partial charge is 0.180 e. The lowest BCUT2D eigenvalue weighted by atomic mass is 11.0. The van der Waals surface area contributed by atoms with Crippen molar-refractivity contribution in [2.75, 3.05) is 0 Å². The molecule has 1 rings (SSSR count). The van der Waals surface area contributed by atoms with Crippen LogP contribution in [0.25, 0.3) is 0 Å². The zero-order valence-electron chi connectivity index (χ0n) is 3.83. The second-order valence-corrected chi connectivity index (χ2v) is 3.29. The zero-order chi connectivity index (χ0) is 5.70. The van der Waals surface area contributed by atoms with Crippen molar-refractivity contribution < 1.29 is 0 Å². The normalized spacial score (nSPS) is 15.4. The van der Waals surface area contributed by atoms with Crippen LogP contribution in [0.4, 0.5) is 0 Å². The molecule has 0 saturated heterocycles. The third-order valence-corrected chi connectivity index (χ3v) is 0.354. The molecule has 0 atom stereocenters. The standard InChI is InChI=1S/C3H6.CHCl3/c1-2-3-1;2-1(3)4/h1-3H2;1H. The second kappa shape index (κ2) is 5.02. The van der Waals surface area contributed by atoms with Crippen LogP contribution in [0.1, 0.15) is 19.3 Å². The Morgan fingerprint density at radius 1 is 0.857 bits per heavy atom. The molecule has 3 heteroatoms. The third-order valence-electron chi connectivity index (χ3n) is 0.354. The molecule has 0 aromatic carbocycles. The first kappa shape index (κ1) is 7.87. The predicted molar refractivity (Wildman–Crippen MR) is 35.2 cm³/mol. The summed E-state index contributed by atoms with van der Waals surface area (Å²) in [6.45, 7) is 0.